The molecule has 0 radical (unpaired) electrons. The van der Waals surface area contributed by atoms with Gasteiger partial charge in [-0.05, 0) is 22.6 Å². The predicted octanol–water partition coefficient (Wildman–Crippen LogP) is 5.78. The first-order valence-electron chi connectivity index (χ1n) is 9.44. The van der Waals surface area contributed by atoms with Crippen molar-refractivity contribution in [3.8, 4) is 0 Å². The largest absolute Gasteiger partial charge is 0.294 e. The summed E-state index contributed by atoms with van der Waals surface area (Å²) in [5.41, 5.74) is 5.47. The van der Waals surface area contributed by atoms with Gasteiger partial charge in [-0.25, -0.2) is 0 Å². The smallest absolute Gasteiger partial charge is 0.164 e. The van der Waals surface area contributed by atoms with Crippen LogP contribution in [0.15, 0.2) is 78.9 Å². The molecular formula is C25H22O2. The van der Waals surface area contributed by atoms with Crippen molar-refractivity contribution in [3.05, 3.63) is 107 Å². The van der Waals surface area contributed by atoms with Crippen LogP contribution in [0.2, 0.25) is 0 Å². The maximum atomic E-state index is 11.8. The molecule has 134 valence electrons. The van der Waals surface area contributed by atoms with Gasteiger partial charge in [-0.3, -0.25) is 9.59 Å². The standard InChI is InChI=1S/C15H12O.C10H10O/c16-15-10-14(11-6-2-1-3-7-11)12-8-4-5-9-13(12)15;1-7-6-10(11)9-5-3-2-4-8(7)9/h1-9,14H,10H2;2-5,7H,6H2,1H3. The van der Waals surface area contributed by atoms with Crippen molar-refractivity contribution in [2.45, 2.75) is 31.6 Å². The van der Waals surface area contributed by atoms with Gasteiger partial charge in [0, 0.05) is 29.9 Å². The topological polar surface area (TPSA) is 34.1 Å². The van der Waals surface area contributed by atoms with E-state index in [9.17, 15) is 9.59 Å². The van der Waals surface area contributed by atoms with Gasteiger partial charge in [0.05, 0.1) is 0 Å². The lowest BCUT2D eigenvalue weighted by Gasteiger charge is -2.10. The molecular weight excluding hydrogens is 332 g/mol. The van der Waals surface area contributed by atoms with Crippen LogP contribution < -0.4 is 0 Å². The monoisotopic (exact) mass is 354 g/mol. The molecule has 0 aromatic heterocycles. The van der Waals surface area contributed by atoms with Gasteiger partial charge >= 0.3 is 0 Å². The molecule has 27 heavy (non-hydrogen) atoms. The molecule has 2 unspecified atom stereocenters. The second-order valence-corrected chi connectivity index (χ2v) is 7.29. The van der Waals surface area contributed by atoms with Gasteiger partial charge in [0.1, 0.15) is 0 Å². The van der Waals surface area contributed by atoms with Gasteiger partial charge in [0.15, 0.2) is 11.6 Å². The fourth-order valence-electron chi connectivity index (χ4n) is 4.12. The SMILES string of the molecule is CC1CC(=O)c2ccccc21.O=C1CC(c2ccccc2)c2ccccc21. The predicted molar refractivity (Wildman–Crippen MR) is 107 cm³/mol. The lowest BCUT2D eigenvalue weighted by atomic mass is 9.93. The zero-order valence-electron chi connectivity index (χ0n) is 15.4. The Morgan fingerprint density at radius 3 is 1.81 bits per heavy atom. The molecule has 3 aromatic carbocycles. The van der Waals surface area contributed by atoms with Crippen LogP contribution in [0.4, 0.5) is 0 Å². The first-order valence-corrected chi connectivity index (χ1v) is 9.44. The molecule has 0 saturated carbocycles. The summed E-state index contributed by atoms with van der Waals surface area (Å²) >= 11 is 0. The lowest BCUT2D eigenvalue weighted by Crippen LogP contribution is -1.95. The summed E-state index contributed by atoms with van der Waals surface area (Å²) in [6.45, 7) is 2.10. The van der Waals surface area contributed by atoms with E-state index in [0.29, 0.717) is 24.5 Å². The number of Topliss-reactive ketones (excluding diaryl/α,β-unsaturated/α-hetero) is 2. The van der Waals surface area contributed by atoms with Crippen LogP contribution in [0.25, 0.3) is 0 Å². The van der Waals surface area contributed by atoms with E-state index in [2.05, 4.69) is 25.1 Å². The Morgan fingerprint density at radius 2 is 1.15 bits per heavy atom. The Kier molecular flexibility index (Phi) is 4.72. The van der Waals surface area contributed by atoms with Crippen molar-refractivity contribution < 1.29 is 9.59 Å². The van der Waals surface area contributed by atoms with E-state index in [1.54, 1.807) is 0 Å². The van der Waals surface area contributed by atoms with Crippen LogP contribution in [0.1, 0.15) is 69.0 Å². The second-order valence-electron chi connectivity index (χ2n) is 7.29. The molecule has 0 heterocycles. The number of hydrogen-bond donors (Lipinski definition) is 0. The van der Waals surface area contributed by atoms with Crippen LogP contribution in [0, 0.1) is 0 Å². The molecule has 2 heteroatoms. The average molecular weight is 354 g/mol. The minimum atomic E-state index is 0.255. The van der Waals surface area contributed by atoms with Crippen molar-refractivity contribution in [2.75, 3.05) is 0 Å². The molecule has 0 saturated heterocycles. The molecule has 0 N–H and O–H groups in total. The summed E-state index contributed by atoms with van der Waals surface area (Å²) in [5, 5.41) is 0. The highest BCUT2D eigenvalue weighted by molar-refractivity contribution is 6.02. The van der Waals surface area contributed by atoms with Gasteiger partial charge < -0.3 is 0 Å². The summed E-state index contributed by atoms with van der Waals surface area (Å²) in [6, 6.07) is 26.1. The number of hydrogen-bond acceptors (Lipinski definition) is 2. The molecule has 0 amide bonds. The summed E-state index contributed by atoms with van der Waals surface area (Å²) in [6.07, 6.45) is 1.31. The Morgan fingerprint density at radius 1 is 0.630 bits per heavy atom. The van der Waals surface area contributed by atoms with E-state index in [4.69, 9.17) is 0 Å². The molecule has 2 aliphatic rings. The maximum Gasteiger partial charge on any atom is 0.164 e. The van der Waals surface area contributed by atoms with E-state index < -0.39 is 0 Å². The van der Waals surface area contributed by atoms with E-state index in [-0.39, 0.29) is 11.7 Å². The molecule has 0 bridgehead atoms. The number of benzene rings is 3. The summed E-state index contributed by atoms with van der Waals surface area (Å²) < 4.78 is 0. The second kappa shape index (κ2) is 7.32. The average Bonchev–Trinajstić information content (AvgIpc) is 3.20. The molecule has 0 fully saturated rings. The highest BCUT2D eigenvalue weighted by Crippen LogP contribution is 2.37. The highest BCUT2D eigenvalue weighted by Gasteiger charge is 2.29. The summed E-state index contributed by atoms with van der Waals surface area (Å²) in [5.74, 6) is 1.25. The number of carbonyl (C=O) groups is 2. The van der Waals surface area contributed by atoms with Gasteiger partial charge in [-0.2, -0.15) is 0 Å². The van der Waals surface area contributed by atoms with E-state index in [1.165, 1.54) is 16.7 Å². The van der Waals surface area contributed by atoms with Gasteiger partial charge in [0.2, 0.25) is 0 Å². The molecule has 2 atom stereocenters. The van der Waals surface area contributed by atoms with Crippen LogP contribution in [0.5, 0.6) is 0 Å². The zero-order chi connectivity index (χ0) is 18.8. The number of ketones is 2. The third kappa shape index (κ3) is 3.35. The van der Waals surface area contributed by atoms with Gasteiger partial charge in [-0.1, -0.05) is 85.8 Å². The zero-order valence-corrected chi connectivity index (χ0v) is 15.4. The van der Waals surface area contributed by atoms with Crippen molar-refractivity contribution in [3.63, 3.8) is 0 Å². The quantitative estimate of drug-likeness (QED) is 0.555. The first-order chi connectivity index (χ1) is 13.1. The highest BCUT2D eigenvalue weighted by atomic mass is 16.1. The van der Waals surface area contributed by atoms with Crippen LogP contribution >= 0.6 is 0 Å². The van der Waals surface area contributed by atoms with Crippen molar-refractivity contribution >= 4 is 11.6 Å². The first kappa shape index (κ1) is 17.4. The Balaban J connectivity index is 0.000000143. The minimum Gasteiger partial charge on any atom is -0.294 e. The molecule has 3 aromatic rings. The third-order valence-corrected chi connectivity index (χ3v) is 5.51. The molecule has 0 spiro atoms. The normalized spacial score (nSPS) is 19.9. The van der Waals surface area contributed by atoms with E-state index in [0.717, 1.165) is 11.1 Å². The lowest BCUT2D eigenvalue weighted by molar-refractivity contribution is 0.0982. The Labute approximate surface area is 159 Å². The fraction of sp³-hybridized carbons (Fsp3) is 0.200. The maximum absolute atomic E-state index is 11.8. The number of carbonyl (C=O) groups excluding carboxylic acids is 2. The molecule has 2 aliphatic carbocycles. The fourth-order valence-corrected chi connectivity index (χ4v) is 4.12. The third-order valence-electron chi connectivity index (χ3n) is 5.51. The van der Waals surface area contributed by atoms with Gasteiger partial charge in [0.25, 0.3) is 0 Å². The van der Waals surface area contributed by atoms with Crippen molar-refractivity contribution in [1.82, 2.24) is 0 Å². The van der Waals surface area contributed by atoms with Crippen molar-refractivity contribution in [1.29, 1.82) is 0 Å². The summed E-state index contributed by atoms with van der Waals surface area (Å²) in [7, 11) is 0. The van der Waals surface area contributed by atoms with Gasteiger partial charge in [-0.15, -0.1) is 0 Å². The minimum absolute atomic E-state index is 0.255. The molecule has 0 aliphatic heterocycles. The summed E-state index contributed by atoms with van der Waals surface area (Å²) in [4.78, 5) is 23.1. The van der Waals surface area contributed by atoms with Crippen LogP contribution in [-0.2, 0) is 0 Å². The van der Waals surface area contributed by atoms with Crippen LogP contribution in [0.3, 0.4) is 0 Å². The number of fused-ring (bicyclic) bond motifs is 2. The van der Waals surface area contributed by atoms with E-state index >= 15 is 0 Å². The Hall–Kier alpha value is -3.00. The van der Waals surface area contributed by atoms with Crippen molar-refractivity contribution in [2.24, 2.45) is 0 Å². The van der Waals surface area contributed by atoms with Crippen LogP contribution in [-0.4, -0.2) is 11.6 Å². The van der Waals surface area contributed by atoms with E-state index in [1.807, 2.05) is 60.7 Å². The molecule has 2 nitrogen and oxygen atoms in total. The molecule has 5 rings (SSSR count). The Bertz CT molecular complexity index is 988. The number of rotatable bonds is 1.